The molecule has 0 saturated heterocycles. The molecule has 122 valence electrons. The van der Waals surface area contributed by atoms with Gasteiger partial charge in [-0.15, -0.1) is 0 Å². The molecule has 0 saturated carbocycles. The molecule has 0 fully saturated rings. The average molecular weight is 347 g/mol. The first-order chi connectivity index (χ1) is 12.3. The van der Waals surface area contributed by atoms with Crippen LogP contribution >= 0.6 is 11.8 Å². The topological polar surface area (TPSA) is 81.4 Å². The monoisotopic (exact) mass is 347 g/mol. The Balaban J connectivity index is 1.51. The van der Waals surface area contributed by atoms with Crippen LogP contribution in [-0.2, 0) is 6.54 Å². The van der Waals surface area contributed by atoms with E-state index in [1.54, 1.807) is 36.7 Å². The maximum absolute atomic E-state index is 4.53. The van der Waals surface area contributed by atoms with Crippen molar-refractivity contribution in [3.05, 3.63) is 54.5 Å². The highest BCUT2D eigenvalue weighted by Crippen LogP contribution is 2.42. The maximum Gasteiger partial charge on any atom is 0.163 e. The van der Waals surface area contributed by atoms with Crippen LogP contribution in [0.5, 0.6) is 0 Å². The summed E-state index contributed by atoms with van der Waals surface area (Å²) >= 11 is 1.63. The van der Waals surface area contributed by atoms with E-state index in [0.29, 0.717) is 6.54 Å². The predicted molar refractivity (Wildman–Crippen MR) is 95.0 cm³/mol. The van der Waals surface area contributed by atoms with Crippen molar-refractivity contribution in [1.82, 2.24) is 29.5 Å². The number of rotatable bonds is 2. The number of hydrogen-bond acceptors (Lipinski definition) is 7. The number of aryl methyl sites for hydroxylation is 1. The second-order valence-electron chi connectivity index (χ2n) is 5.74. The molecule has 0 radical (unpaired) electrons. The van der Waals surface area contributed by atoms with Crippen LogP contribution in [0.25, 0.3) is 11.2 Å². The van der Waals surface area contributed by atoms with Gasteiger partial charge in [-0.05, 0) is 24.6 Å². The minimum atomic E-state index is 0.701. The maximum atomic E-state index is 4.53. The highest BCUT2D eigenvalue weighted by atomic mass is 32.2. The van der Waals surface area contributed by atoms with Crippen molar-refractivity contribution in [3.63, 3.8) is 0 Å². The Bertz CT molecular complexity index is 1110. The summed E-state index contributed by atoms with van der Waals surface area (Å²) in [5.41, 5.74) is 3.88. The SMILES string of the molecule is Cc1nc2cncnc2n1Cc1ccc2c(c1)Nc1nccnc1S2. The molecule has 0 amide bonds. The third kappa shape index (κ3) is 2.42. The quantitative estimate of drug-likeness (QED) is 0.525. The van der Waals surface area contributed by atoms with Gasteiger partial charge < -0.3 is 9.88 Å². The minimum Gasteiger partial charge on any atom is -0.337 e. The van der Waals surface area contributed by atoms with Crippen molar-refractivity contribution >= 4 is 34.4 Å². The fourth-order valence-corrected chi connectivity index (χ4v) is 3.82. The smallest absolute Gasteiger partial charge is 0.163 e. The zero-order valence-electron chi connectivity index (χ0n) is 13.3. The normalized spacial score (nSPS) is 12.5. The Kier molecular flexibility index (Phi) is 3.17. The highest BCUT2D eigenvalue weighted by Gasteiger charge is 2.18. The van der Waals surface area contributed by atoms with Crippen LogP contribution in [0.2, 0.25) is 0 Å². The Morgan fingerprint density at radius 1 is 1.16 bits per heavy atom. The summed E-state index contributed by atoms with van der Waals surface area (Å²) in [6.45, 7) is 2.69. The van der Waals surface area contributed by atoms with Gasteiger partial charge in [0.15, 0.2) is 11.5 Å². The molecule has 3 aromatic heterocycles. The van der Waals surface area contributed by atoms with E-state index in [4.69, 9.17) is 0 Å². The molecule has 1 aromatic carbocycles. The van der Waals surface area contributed by atoms with Gasteiger partial charge in [0.1, 0.15) is 22.7 Å². The predicted octanol–water partition coefficient (Wildman–Crippen LogP) is 3.18. The fraction of sp³-hybridized carbons (Fsp3) is 0.118. The van der Waals surface area contributed by atoms with Gasteiger partial charge in [-0.3, -0.25) is 0 Å². The van der Waals surface area contributed by atoms with Crippen molar-refractivity contribution in [2.24, 2.45) is 0 Å². The summed E-state index contributed by atoms with van der Waals surface area (Å²) < 4.78 is 2.10. The molecule has 0 spiro atoms. The second-order valence-corrected chi connectivity index (χ2v) is 6.78. The summed E-state index contributed by atoms with van der Waals surface area (Å²) in [6.07, 6.45) is 6.71. The Labute approximate surface area is 147 Å². The molecular formula is C17H13N7S. The number of aromatic nitrogens is 6. The lowest BCUT2D eigenvalue weighted by Gasteiger charge is -2.19. The molecule has 5 rings (SSSR count). The van der Waals surface area contributed by atoms with Gasteiger partial charge in [0.25, 0.3) is 0 Å². The summed E-state index contributed by atoms with van der Waals surface area (Å²) in [5.74, 6) is 1.72. The lowest BCUT2D eigenvalue weighted by Crippen LogP contribution is -2.06. The summed E-state index contributed by atoms with van der Waals surface area (Å²) in [6, 6.07) is 6.39. The standard InChI is InChI=1S/C17H13N7S/c1-10-22-13-7-18-9-21-16(13)24(10)8-11-2-3-14-12(6-11)23-15-17(25-14)20-5-4-19-15/h2-7,9H,8H2,1H3,(H,19,23). The van der Waals surface area contributed by atoms with Crippen LogP contribution in [0, 0.1) is 6.92 Å². The van der Waals surface area contributed by atoms with Crippen molar-refractivity contribution in [2.75, 3.05) is 5.32 Å². The van der Waals surface area contributed by atoms with Crippen molar-refractivity contribution in [2.45, 2.75) is 23.4 Å². The second kappa shape index (κ2) is 5.52. The summed E-state index contributed by atoms with van der Waals surface area (Å²) in [4.78, 5) is 22.8. The van der Waals surface area contributed by atoms with Crippen LogP contribution in [0.15, 0.2) is 53.0 Å². The molecule has 1 N–H and O–H groups in total. The van der Waals surface area contributed by atoms with Crippen LogP contribution in [0.1, 0.15) is 11.4 Å². The molecule has 0 atom stereocenters. The number of anilines is 2. The van der Waals surface area contributed by atoms with Gasteiger partial charge in [-0.25, -0.2) is 24.9 Å². The van der Waals surface area contributed by atoms with Gasteiger partial charge in [-0.1, -0.05) is 17.8 Å². The van der Waals surface area contributed by atoms with Crippen molar-refractivity contribution < 1.29 is 0 Å². The van der Waals surface area contributed by atoms with Gasteiger partial charge in [0, 0.05) is 17.3 Å². The third-order valence-electron chi connectivity index (χ3n) is 4.11. The van der Waals surface area contributed by atoms with Gasteiger partial charge >= 0.3 is 0 Å². The zero-order valence-corrected chi connectivity index (χ0v) is 14.2. The first-order valence-electron chi connectivity index (χ1n) is 7.79. The van der Waals surface area contributed by atoms with E-state index < -0.39 is 0 Å². The molecule has 0 unspecified atom stereocenters. The van der Waals surface area contributed by atoms with E-state index in [2.05, 4.69) is 53.0 Å². The van der Waals surface area contributed by atoms with Crippen molar-refractivity contribution in [1.29, 1.82) is 0 Å². The Hall–Kier alpha value is -3.00. The van der Waals surface area contributed by atoms with Crippen molar-refractivity contribution in [3.8, 4) is 0 Å². The average Bonchev–Trinajstić information content (AvgIpc) is 2.95. The summed E-state index contributed by atoms with van der Waals surface area (Å²) in [7, 11) is 0. The van der Waals surface area contributed by atoms with E-state index in [9.17, 15) is 0 Å². The van der Waals surface area contributed by atoms with E-state index >= 15 is 0 Å². The zero-order chi connectivity index (χ0) is 16.8. The molecular weight excluding hydrogens is 334 g/mol. The molecule has 25 heavy (non-hydrogen) atoms. The number of nitrogens with zero attached hydrogens (tertiary/aromatic N) is 6. The number of imidazole rings is 1. The molecule has 1 aliphatic rings. The molecule has 4 heterocycles. The summed E-state index contributed by atoms with van der Waals surface area (Å²) in [5, 5.41) is 4.27. The van der Waals surface area contributed by atoms with Crippen LogP contribution in [0.3, 0.4) is 0 Å². The van der Waals surface area contributed by atoms with Gasteiger partial charge in [0.05, 0.1) is 18.4 Å². The molecule has 4 aromatic rings. The number of fused-ring (bicyclic) bond motifs is 3. The Morgan fingerprint density at radius 2 is 2.08 bits per heavy atom. The number of benzene rings is 1. The largest absolute Gasteiger partial charge is 0.337 e. The molecule has 0 aliphatic carbocycles. The first kappa shape index (κ1) is 14.4. The van der Waals surface area contributed by atoms with E-state index in [1.165, 1.54) is 5.56 Å². The minimum absolute atomic E-state index is 0.701. The Morgan fingerprint density at radius 3 is 3.04 bits per heavy atom. The molecule has 8 heteroatoms. The van der Waals surface area contributed by atoms with E-state index in [0.717, 1.165) is 38.4 Å². The van der Waals surface area contributed by atoms with Crippen LogP contribution < -0.4 is 5.32 Å². The molecule has 0 bridgehead atoms. The van der Waals surface area contributed by atoms with Crippen LogP contribution in [-0.4, -0.2) is 29.5 Å². The van der Waals surface area contributed by atoms with Crippen LogP contribution in [0.4, 0.5) is 11.5 Å². The van der Waals surface area contributed by atoms with Gasteiger partial charge in [0.2, 0.25) is 0 Å². The highest BCUT2D eigenvalue weighted by molar-refractivity contribution is 7.99. The van der Waals surface area contributed by atoms with Gasteiger partial charge in [-0.2, -0.15) is 0 Å². The first-order valence-corrected chi connectivity index (χ1v) is 8.61. The van der Waals surface area contributed by atoms with E-state index in [1.807, 2.05) is 6.92 Å². The third-order valence-corrected chi connectivity index (χ3v) is 5.18. The fourth-order valence-electron chi connectivity index (χ4n) is 2.94. The van der Waals surface area contributed by atoms with E-state index in [-0.39, 0.29) is 0 Å². The lowest BCUT2D eigenvalue weighted by molar-refractivity contribution is 0.776. The number of nitrogens with one attached hydrogen (secondary N) is 1. The molecule has 1 aliphatic heterocycles. The lowest BCUT2D eigenvalue weighted by atomic mass is 10.2. The number of hydrogen-bond donors (Lipinski definition) is 1. The molecule has 7 nitrogen and oxygen atoms in total.